The molecule has 1 fully saturated rings. The number of benzene rings is 1. The Morgan fingerprint density at radius 2 is 1.92 bits per heavy atom. The number of fused-ring (bicyclic) bond motifs is 1. The number of carboxylic acid groups (broad SMARTS) is 1. The topological polar surface area (TPSA) is 95.9 Å². The molecule has 7 nitrogen and oxygen atoms in total. The van der Waals surface area contributed by atoms with Gasteiger partial charge in [0, 0.05) is 19.5 Å². The lowest BCUT2D eigenvalue weighted by molar-refractivity contribution is -0.151. The van der Waals surface area contributed by atoms with E-state index in [1.807, 2.05) is 12.1 Å². The highest BCUT2D eigenvalue weighted by molar-refractivity contribution is 5.98. The zero-order valence-electron chi connectivity index (χ0n) is 14.7. The van der Waals surface area contributed by atoms with Gasteiger partial charge in [-0.05, 0) is 25.0 Å². The Kier molecular flexibility index (Phi) is 5.44. The number of hydrogen-bond acceptors (Lipinski definition) is 4. The van der Waals surface area contributed by atoms with Gasteiger partial charge in [-0.1, -0.05) is 31.4 Å². The van der Waals surface area contributed by atoms with Crippen molar-refractivity contribution >= 4 is 23.5 Å². The second-order valence-electron chi connectivity index (χ2n) is 6.97. The average molecular weight is 360 g/mol. The number of hydrogen-bond donors (Lipinski definition) is 2. The van der Waals surface area contributed by atoms with E-state index in [-0.39, 0.29) is 37.9 Å². The maximum atomic E-state index is 12.2. The molecule has 2 N–H and O–H groups in total. The molecule has 0 radical (unpaired) electrons. The van der Waals surface area contributed by atoms with E-state index in [0.717, 1.165) is 19.3 Å². The summed E-state index contributed by atoms with van der Waals surface area (Å²) in [5.41, 5.74) is -0.194. The number of para-hydroxylation sites is 2. The largest absolute Gasteiger partial charge is 0.482 e. The highest BCUT2D eigenvalue weighted by atomic mass is 16.5. The number of rotatable bonds is 6. The number of nitrogens with one attached hydrogen (secondary N) is 1. The number of anilines is 1. The minimum Gasteiger partial charge on any atom is -0.482 e. The molecular weight excluding hydrogens is 336 g/mol. The van der Waals surface area contributed by atoms with Crippen LogP contribution >= 0.6 is 0 Å². The fourth-order valence-electron chi connectivity index (χ4n) is 3.66. The van der Waals surface area contributed by atoms with Crippen LogP contribution in [-0.4, -0.2) is 42.6 Å². The molecule has 1 aromatic carbocycles. The van der Waals surface area contributed by atoms with E-state index in [1.54, 1.807) is 17.0 Å². The monoisotopic (exact) mass is 360 g/mol. The smallest absolute Gasteiger partial charge is 0.311 e. The van der Waals surface area contributed by atoms with Gasteiger partial charge in [0.1, 0.15) is 5.75 Å². The van der Waals surface area contributed by atoms with E-state index < -0.39 is 11.4 Å². The maximum absolute atomic E-state index is 12.2. The third-order valence-electron chi connectivity index (χ3n) is 5.26. The summed E-state index contributed by atoms with van der Waals surface area (Å²) in [6.07, 6.45) is 4.11. The first kappa shape index (κ1) is 18.2. The van der Waals surface area contributed by atoms with Gasteiger partial charge in [-0.3, -0.25) is 14.4 Å². The second-order valence-corrected chi connectivity index (χ2v) is 6.97. The summed E-state index contributed by atoms with van der Waals surface area (Å²) in [7, 11) is 0. The molecule has 1 saturated carbocycles. The van der Waals surface area contributed by atoms with Crippen molar-refractivity contribution in [2.75, 3.05) is 24.6 Å². The molecule has 0 bridgehead atoms. The quantitative estimate of drug-likeness (QED) is 0.808. The zero-order valence-corrected chi connectivity index (χ0v) is 14.7. The molecule has 26 heavy (non-hydrogen) atoms. The fraction of sp³-hybridized carbons (Fsp3) is 0.526. The van der Waals surface area contributed by atoms with Gasteiger partial charge in [0.25, 0.3) is 5.91 Å². The molecule has 140 valence electrons. The van der Waals surface area contributed by atoms with E-state index in [9.17, 15) is 19.5 Å². The molecule has 0 spiro atoms. The van der Waals surface area contributed by atoms with Crippen LogP contribution in [0.1, 0.15) is 38.5 Å². The summed E-state index contributed by atoms with van der Waals surface area (Å²) in [6.45, 7) is 0.348. The van der Waals surface area contributed by atoms with Gasteiger partial charge < -0.3 is 20.1 Å². The lowest BCUT2D eigenvalue weighted by Gasteiger charge is -2.33. The van der Waals surface area contributed by atoms with Crippen LogP contribution in [0.3, 0.4) is 0 Å². The molecule has 0 saturated heterocycles. The van der Waals surface area contributed by atoms with Gasteiger partial charge in [0.05, 0.1) is 11.1 Å². The Morgan fingerprint density at radius 3 is 2.65 bits per heavy atom. The molecule has 0 aromatic heterocycles. The van der Waals surface area contributed by atoms with Crippen molar-refractivity contribution in [3.05, 3.63) is 24.3 Å². The van der Waals surface area contributed by atoms with Crippen molar-refractivity contribution in [3.8, 4) is 5.75 Å². The fourth-order valence-corrected chi connectivity index (χ4v) is 3.66. The summed E-state index contributed by atoms with van der Waals surface area (Å²) in [5.74, 6) is -0.645. The SMILES string of the molecule is O=C(CCN1C(=O)COc2ccccc21)NCC1(C(=O)O)CCCCC1. The summed E-state index contributed by atoms with van der Waals surface area (Å²) >= 11 is 0. The molecule has 7 heteroatoms. The summed E-state index contributed by atoms with van der Waals surface area (Å²) in [5, 5.41) is 12.3. The van der Waals surface area contributed by atoms with Crippen LogP contribution in [0, 0.1) is 5.41 Å². The van der Waals surface area contributed by atoms with Crippen LogP contribution in [0.15, 0.2) is 24.3 Å². The van der Waals surface area contributed by atoms with Crippen LogP contribution in [0.5, 0.6) is 5.75 Å². The Labute approximate surface area is 152 Å². The normalized spacial score (nSPS) is 18.6. The molecule has 2 amide bonds. The van der Waals surface area contributed by atoms with Gasteiger partial charge in [-0.25, -0.2) is 0 Å². The Balaban J connectivity index is 1.56. The second kappa shape index (κ2) is 7.76. The Morgan fingerprint density at radius 1 is 1.19 bits per heavy atom. The van der Waals surface area contributed by atoms with Crippen molar-refractivity contribution in [3.63, 3.8) is 0 Å². The van der Waals surface area contributed by atoms with Crippen LogP contribution in [0.2, 0.25) is 0 Å². The van der Waals surface area contributed by atoms with Gasteiger partial charge in [0.15, 0.2) is 6.61 Å². The molecule has 1 aromatic rings. The number of amides is 2. The zero-order chi connectivity index (χ0) is 18.6. The number of nitrogens with zero attached hydrogens (tertiary/aromatic N) is 1. The molecule has 1 aliphatic heterocycles. The standard InChI is InChI=1S/C19H24N2O5/c22-16(20-13-19(18(24)25)9-4-1-5-10-19)8-11-21-14-6-2-3-7-15(14)26-12-17(21)23/h2-3,6-7H,1,4-5,8-13H2,(H,20,22)(H,24,25). The molecular formula is C19H24N2O5. The number of carbonyl (C=O) groups excluding carboxylic acids is 2. The molecule has 2 aliphatic rings. The van der Waals surface area contributed by atoms with Gasteiger partial charge in [0.2, 0.25) is 5.91 Å². The lowest BCUT2D eigenvalue weighted by atomic mass is 9.74. The van der Waals surface area contributed by atoms with Crippen molar-refractivity contribution in [2.24, 2.45) is 5.41 Å². The first-order valence-electron chi connectivity index (χ1n) is 9.04. The highest BCUT2D eigenvalue weighted by Gasteiger charge is 2.39. The van der Waals surface area contributed by atoms with Gasteiger partial charge in [-0.15, -0.1) is 0 Å². The average Bonchev–Trinajstić information content (AvgIpc) is 2.66. The lowest BCUT2D eigenvalue weighted by Crippen LogP contribution is -2.45. The third kappa shape index (κ3) is 3.81. The maximum Gasteiger partial charge on any atom is 0.311 e. The van der Waals surface area contributed by atoms with Crippen molar-refractivity contribution in [1.29, 1.82) is 0 Å². The van der Waals surface area contributed by atoms with Crippen molar-refractivity contribution in [2.45, 2.75) is 38.5 Å². The molecule has 0 atom stereocenters. The van der Waals surface area contributed by atoms with E-state index >= 15 is 0 Å². The predicted molar refractivity (Wildman–Crippen MR) is 95.1 cm³/mol. The Hall–Kier alpha value is -2.57. The van der Waals surface area contributed by atoms with E-state index in [0.29, 0.717) is 24.3 Å². The number of carboxylic acids is 1. The first-order valence-corrected chi connectivity index (χ1v) is 9.04. The van der Waals surface area contributed by atoms with Crippen LogP contribution < -0.4 is 15.0 Å². The van der Waals surface area contributed by atoms with E-state index in [1.165, 1.54) is 0 Å². The third-order valence-corrected chi connectivity index (χ3v) is 5.26. The number of ether oxygens (including phenoxy) is 1. The minimum absolute atomic E-state index is 0.0409. The van der Waals surface area contributed by atoms with Crippen LogP contribution in [-0.2, 0) is 14.4 Å². The van der Waals surface area contributed by atoms with E-state index in [4.69, 9.17) is 4.74 Å². The van der Waals surface area contributed by atoms with Crippen LogP contribution in [0.4, 0.5) is 5.69 Å². The first-order chi connectivity index (χ1) is 12.5. The minimum atomic E-state index is -0.852. The summed E-state index contributed by atoms with van der Waals surface area (Å²) < 4.78 is 5.38. The number of carbonyl (C=O) groups is 3. The summed E-state index contributed by atoms with van der Waals surface area (Å²) in [4.78, 5) is 37.5. The van der Waals surface area contributed by atoms with E-state index in [2.05, 4.69) is 5.32 Å². The molecule has 3 rings (SSSR count). The Bertz CT molecular complexity index is 697. The number of aliphatic carboxylic acids is 1. The van der Waals surface area contributed by atoms with Crippen molar-refractivity contribution in [1.82, 2.24) is 5.32 Å². The molecule has 0 unspecified atom stereocenters. The van der Waals surface area contributed by atoms with Crippen LogP contribution in [0.25, 0.3) is 0 Å². The van der Waals surface area contributed by atoms with Crippen molar-refractivity contribution < 1.29 is 24.2 Å². The van der Waals surface area contributed by atoms with Gasteiger partial charge >= 0.3 is 5.97 Å². The molecule has 1 heterocycles. The molecule has 1 aliphatic carbocycles. The summed E-state index contributed by atoms with van der Waals surface area (Å²) in [6, 6.07) is 7.21. The van der Waals surface area contributed by atoms with Gasteiger partial charge in [-0.2, -0.15) is 0 Å². The predicted octanol–water partition coefficient (Wildman–Crippen LogP) is 1.95. The highest BCUT2D eigenvalue weighted by Crippen LogP contribution is 2.36.